The van der Waals surface area contributed by atoms with E-state index in [1.165, 1.54) is 0 Å². The van der Waals surface area contributed by atoms with Crippen molar-refractivity contribution >= 4 is 0 Å². The van der Waals surface area contributed by atoms with Crippen molar-refractivity contribution in [3.05, 3.63) is 0 Å². The number of likely N-dealkylation sites (tertiary alicyclic amines) is 1. The van der Waals surface area contributed by atoms with Crippen molar-refractivity contribution in [1.82, 2.24) is 4.90 Å². The van der Waals surface area contributed by atoms with Crippen LogP contribution in [0.25, 0.3) is 0 Å². The van der Waals surface area contributed by atoms with Gasteiger partial charge in [0.1, 0.15) is 0 Å². The zero-order chi connectivity index (χ0) is 9.35. The molecule has 0 aromatic carbocycles. The Hall–Kier alpha value is -0.120. The van der Waals surface area contributed by atoms with Gasteiger partial charge in [-0.1, -0.05) is 20.8 Å². The number of β-amino-alcohol motifs (C(OH)–C–C–N with tert-alkyl or cyclic N) is 2. The second-order valence-corrected chi connectivity index (χ2v) is 4.89. The lowest BCUT2D eigenvalue weighted by Crippen LogP contribution is -2.31. The summed E-state index contributed by atoms with van der Waals surface area (Å²) in [6.07, 6.45) is -1.10. The summed E-state index contributed by atoms with van der Waals surface area (Å²) in [5.41, 5.74) is 0.240. The second kappa shape index (κ2) is 3.32. The number of nitrogens with zero attached hydrogens (tertiary/aromatic N) is 1. The normalized spacial score (nSPS) is 32.8. The molecule has 1 rings (SSSR count). The summed E-state index contributed by atoms with van der Waals surface area (Å²) < 4.78 is 0. The van der Waals surface area contributed by atoms with Crippen LogP contribution in [0.1, 0.15) is 20.8 Å². The van der Waals surface area contributed by atoms with E-state index >= 15 is 0 Å². The SMILES string of the molecule is CC(C)(C)CN1C[C@@H](O)[C@@H](O)C1. The van der Waals surface area contributed by atoms with Gasteiger partial charge < -0.3 is 10.2 Å². The zero-order valence-corrected chi connectivity index (χ0v) is 8.12. The Labute approximate surface area is 74.0 Å². The third-order valence-electron chi connectivity index (χ3n) is 2.03. The molecule has 0 aromatic heterocycles. The summed E-state index contributed by atoms with van der Waals surface area (Å²) in [5.74, 6) is 0. The third kappa shape index (κ3) is 2.73. The highest BCUT2D eigenvalue weighted by Gasteiger charge is 2.31. The molecule has 0 amide bonds. The Morgan fingerprint density at radius 1 is 1.17 bits per heavy atom. The van der Waals surface area contributed by atoms with Gasteiger partial charge in [0.15, 0.2) is 0 Å². The first kappa shape index (κ1) is 9.96. The lowest BCUT2D eigenvalue weighted by Gasteiger charge is -2.25. The molecule has 72 valence electrons. The summed E-state index contributed by atoms with van der Waals surface area (Å²) in [4.78, 5) is 2.11. The minimum atomic E-state index is -0.549. The first-order valence-corrected chi connectivity index (χ1v) is 4.47. The summed E-state index contributed by atoms with van der Waals surface area (Å²) >= 11 is 0. The van der Waals surface area contributed by atoms with E-state index in [1.807, 2.05) is 0 Å². The largest absolute Gasteiger partial charge is 0.389 e. The first-order valence-electron chi connectivity index (χ1n) is 4.47. The average Bonchev–Trinajstić information content (AvgIpc) is 2.07. The molecule has 0 radical (unpaired) electrons. The van der Waals surface area contributed by atoms with E-state index in [0.717, 1.165) is 6.54 Å². The van der Waals surface area contributed by atoms with Crippen molar-refractivity contribution < 1.29 is 10.2 Å². The molecule has 1 aliphatic heterocycles. The van der Waals surface area contributed by atoms with Crippen molar-refractivity contribution in [2.24, 2.45) is 5.41 Å². The molecule has 0 spiro atoms. The maximum atomic E-state index is 9.27. The average molecular weight is 173 g/mol. The molecule has 1 fully saturated rings. The molecule has 0 unspecified atom stereocenters. The Morgan fingerprint density at radius 3 is 1.92 bits per heavy atom. The van der Waals surface area contributed by atoms with Gasteiger partial charge in [0.25, 0.3) is 0 Å². The highest BCUT2D eigenvalue weighted by Crippen LogP contribution is 2.19. The van der Waals surface area contributed by atoms with Gasteiger partial charge in [-0.15, -0.1) is 0 Å². The van der Waals surface area contributed by atoms with Crippen LogP contribution in [0.2, 0.25) is 0 Å². The van der Waals surface area contributed by atoms with Crippen LogP contribution in [0.15, 0.2) is 0 Å². The maximum absolute atomic E-state index is 9.27. The maximum Gasteiger partial charge on any atom is 0.0938 e. The number of aliphatic hydroxyl groups excluding tert-OH is 2. The standard InChI is InChI=1S/C9H19NO2/c1-9(2,3)6-10-4-7(11)8(12)5-10/h7-8,11-12H,4-6H2,1-3H3/t7-,8+. The number of rotatable bonds is 1. The summed E-state index contributed by atoms with van der Waals surface area (Å²) in [5, 5.41) is 18.5. The van der Waals surface area contributed by atoms with Crippen LogP contribution >= 0.6 is 0 Å². The molecule has 0 saturated carbocycles. The van der Waals surface area contributed by atoms with E-state index in [0.29, 0.717) is 13.1 Å². The summed E-state index contributed by atoms with van der Waals surface area (Å²) in [6, 6.07) is 0. The van der Waals surface area contributed by atoms with Crippen molar-refractivity contribution in [2.45, 2.75) is 33.0 Å². The molecule has 12 heavy (non-hydrogen) atoms. The van der Waals surface area contributed by atoms with Gasteiger partial charge >= 0.3 is 0 Å². The quantitative estimate of drug-likeness (QED) is 0.590. The predicted octanol–water partition coefficient (Wildman–Crippen LogP) is 0.0699. The minimum Gasteiger partial charge on any atom is -0.389 e. The summed E-state index contributed by atoms with van der Waals surface area (Å²) in [6.45, 7) is 8.62. The Balaban J connectivity index is 2.38. The fourth-order valence-electron chi connectivity index (χ4n) is 1.65. The van der Waals surface area contributed by atoms with Gasteiger partial charge in [0, 0.05) is 19.6 Å². The van der Waals surface area contributed by atoms with Crippen molar-refractivity contribution in [2.75, 3.05) is 19.6 Å². The van der Waals surface area contributed by atoms with Gasteiger partial charge in [0.05, 0.1) is 12.2 Å². The number of hydrogen-bond acceptors (Lipinski definition) is 3. The van der Waals surface area contributed by atoms with Crippen LogP contribution in [0.5, 0.6) is 0 Å². The van der Waals surface area contributed by atoms with Crippen LogP contribution < -0.4 is 0 Å². The minimum absolute atomic E-state index is 0.240. The highest BCUT2D eigenvalue weighted by atomic mass is 16.3. The van der Waals surface area contributed by atoms with E-state index in [4.69, 9.17) is 0 Å². The first-order chi connectivity index (χ1) is 5.38. The molecule has 1 saturated heterocycles. The molecule has 3 heteroatoms. The monoisotopic (exact) mass is 173 g/mol. The van der Waals surface area contributed by atoms with Crippen LogP contribution in [0.4, 0.5) is 0 Å². The molecule has 3 nitrogen and oxygen atoms in total. The molecular formula is C9H19NO2. The second-order valence-electron chi connectivity index (χ2n) is 4.89. The van der Waals surface area contributed by atoms with Crippen molar-refractivity contribution in [3.63, 3.8) is 0 Å². The van der Waals surface area contributed by atoms with Gasteiger partial charge in [-0.05, 0) is 5.41 Å². The third-order valence-corrected chi connectivity index (χ3v) is 2.03. The number of aliphatic hydroxyl groups is 2. The Bertz CT molecular complexity index is 143. The molecule has 0 aromatic rings. The van der Waals surface area contributed by atoms with Crippen LogP contribution in [-0.2, 0) is 0 Å². The van der Waals surface area contributed by atoms with Gasteiger partial charge in [-0.2, -0.15) is 0 Å². The highest BCUT2D eigenvalue weighted by molar-refractivity contribution is 4.85. The van der Waals surface area contributed by atoms with Crippen molar-refractivity contribution in [1.29, 1.82) is 0 Å². The van der Waals surface area contributed by atoms with Gasteiger partial charge in [-0.25, -0.2) is 0 Å². The predicted molar refractivity (Wildman–Crippen MR) is 47.9 cm³/mol. The van der Waals surface area contributed by atoms with E-state index in [1.54, 1.807) is 0 Å². The molecule has 1 heterocycles. The van der Waals surface area contributed by atoms with E-state index in [9.17, 15) is 10.2 Å². The summed E-state index contributed by atoms with van der Waals surface area (Å²) in [7, 11) is 0. The van der Waals surface area contributed by atoms with E-state index in [2.05, 4.69) is 25.7 Å². The fourth-order valence-corrected chi connectivity index (χ4v) is 1.65. The van der Waals surface area contributed by atoms with Crippen molar-refractivity contribution in [3.8, 4) is 0 Å². The zero-order valence-electron chi connectivity index (χ0n) is 8.12. The topological polar surface area (TPSA) is 43.7 Å². The lowest BCUT2D eigenvalue weighted by atomic mass is 9.96. The van der Waals surface area contributed by atoms with Gasteiger partial charge in [-0.3, -0.25) is 4.90 Å². The van der Waals surface area contributed by atoms with E-state index < -0.39 is 12.2 Å². The fraction of sp³-hybridized carbons (Fsp3) is 1.00. The molecule has 0 aliphatic carbocycles. The molecule has 2 N–H and O–H groups in total. The van der Waals surface area contributed by atoms with E-state index in [-0.39, 0.29) is 5.41 Å². The van der Waals surface area contributed by atoms with Gasteiger partial charge in [0.2, 0.25) is 0 Å². The molecule has 2 atom stereocenters. The molecule has 1 aliphatic rings. The molecular weight excluding hydrogens is 154 g/mol. The Kier molecular flexibility index (Phi) is 2.76. The molecule has 0 bridgehead atoms. The van der Waals surface area contributed by atoms with Crippen LogP contribution in [0, 0.1) is 5.41 Å². The van der Waals surface area contributed by atoms with Crippen LogP contribution in [-0.4, -0.2) is 47.0 Å². The number of hydrogen-bond donors (Lipinski definition) is 2. The van der Waals surface area contributed by atoms with Crippen LogP contribution in [0.3, 0.4) is 0 Å². The lowest BCUT2D eigenvalue weighted by molar-refractivity contribution is 0.0572. The Morgan fingerprint density at radius 2 is 1.58 bits per heavy atom. The smallest absolute Gasteiger partial charge is 0.0938 e.